The molecule has 0 aromatic carbocycles. The van der Waals surface area contributed by atoms with Crippen LogP contribution in [0, 0.1) is 16.7 Å². The molecule has 0 bridgehead atoms. The molecule has 0 radical (unpaired) electrons. The van der Waals surface area contributed by atoms with Crippen LogP contribution in [-0.2, 0) is 9.59 Å². The lowest BCUT2D eigenvalue weighted by atomic mass is 9.61. The maximum Gasteiger partial charge on any atom is 0.405 e. The molecule has 0 saturated heterocycles. The van der Waals surface area contributed by atoms with Gasteiger partial charge in [0, 0.05) is 0 Å². The fourth-order valence-corrected chi connectivity index (χ4v) is 3.26. The van der Waals surface area contributed by atoms with Crippen molar-refractivity contribution in [1.82, 2.24) is 5.32 Å². The van der Waals surface area contributed by atoms with Gasteiger partial charge in [-0.15, -0.1) is 0 Å². The van der Waals surface area contributed by atoms with Crippen molar-refractivity contribution in [3.8, 4) is 0 Å². The van der Waals surface area contributed by atoms with E-state index in [9.17, 15) is 35.9 Å². The molecule has 134 valence electrons. The normalized spacial score (nSPS) is 28.5. The van der Waals surface area contributed by atoms with Crippen LogP contribution in [0.2, 0.25) is 0 Å². The first-order chi connectivity index (χ1) is 10.9. The van der Waals surface area contributed by atoms with Crippen molar-refractivity contribution in [1.29, 1.82) is 0 Å². The second-order valence-corrected chi connectivity index (χ2v) is 5.87. The average molecular weight is 356 g/mol. The van der Waals surface area contributed by atoms with Crippen LogP contribution in [0.3, 0.4) is 0 Å². The molecule has 10 heteroatoms. The number of amides is 2. The third-order valence-electron chi connectivity index (χ3n) is 4.47. The Hall–Kier alpha value is -2.00. The Balaban J connectivity index is 2.46. The van der Waals surface area contributed by atoms with Gasteiger partial charge in [0.15, 0.2) is 0 Å². The van der Waals surface area contributed by atoms with Gasteiger partial charge in [-0.2, -0.15) is 26.3 Å². The summed E-state index contributed by atoms with van der Waals surface area (Å²) in [6.07, 6.45) is -6.62. The Bertz CT molecular complexity index is 603. The Morgan fingerprint density at radius 3 is 2.12 bits per heavy atom. The van der Waals surface area contributed by atoms with Crippen molar-refractivity contribution in [3.05, 3.63) is 24.3 Å². The van der Waals surface area contributed by atoms with Crippen LogP contribution >= 0.6 is 0 Å². The minimum atomic E-state index is -5.06. The van der Waals surface area contributed by atoms with E-state index in [4.69, 9.17) is 5.73 Å². The number of hydrogen-bond acceptors (Lipinski definition) is 2. The quantitative estimate of drug-likeness (QED) is 0.759. The highest BCUT2D eigenvalue weighted by atomic mass is 19.4. The topological polar surface area (TPSA) is 72.2 Å². The molecule has 2 aliphatic carbocycles. The summed E-state index contributed by atoms with van der Waals surface area (Å²) in [4.78, 5) is 23.7. The van der Waals surface area contributed by atoms with Gasteiger partial charge in [-0.3, -0.25) is 9.59 Å². The van der Waals surface area contributed by atoms with Gasteiger partial charge in [-0.05, 0) is 12.8 Å². The Morgan fingerprint density at radius 2 is 1.71 bits per heavy atom. The fourth-order valence-electron chi connectivity index (χ4n) is 3.26. The highest BCUT2D eigenvalue weighted by Crippen LogP contribution is 2.69. The monoisotopic (exact) mass is 356 g/mol. The lowest BCUT2D eigenvalue weighted by Gasteiger charge is -2.44. The number of primary amides is 1. The van der Waals surface area contributed by atoms with Crippen LogP contribution in [0.15, 0.2) is 24.3 Å². The number of halogens is 6. The van der Waals surface area contributed by atoms with Crippen LogP contribution in [0.1, 0.15) is 12.8 Å². The van der Waals surface area contributed by atoms with Gasteiger partial charge >= 0.3 is 12.4 Å². The second-order valence-electron chi connectivity index (χ2n) is 5.87. The molecule has 3 N–H and O–H groups in total. The van der Waals surface area contributed by atoms with Crippen molar-refractivity contribution < 1.29 is 35.9 Å². The molecule has 24 heavy (non-hydrogen) atoms. The number of carbonyl (C=O) groups excluding carboxylic acids is 2. The molecule has 2 atom stereocenters. The molecular formula is C14H14F6N2O2. The van der Waals surface area contributed by atoms with E-state index >= 15 is 0 Å². The molecule has 0 aromatic heterocycles. The highest BCUT2D eigenvalue weighted by Gasteiger charge is 2.76. The first-order valence-electron chi connectivity index (χ1n) is 6.94. The maximum absolute atomic E-state index is 13.9. The van der Waals surface area contributed by atoms with E-state index < -0.39 is 47.5 Å². The lowest BCUT2D eigenvalue weighted by Crippen LogP contribution is -2.58. The van der Waals surface area contributed by atoms with Gasteiger partial charge in [0.1, 0.15) is 12.0 Å². The minimum absolute atomic E-state index is 0.293. The average Bonchev–Trinajstić information content (AvgIpc) is 3.24. The van der Waals surface area contributed by atoms with E-state index in [0.717, 1.165) is 12.2 Å². The molecule has 4 nitrogen and oxygen atoms in total. The summed E-state index contributed by atoms with van der Waals surface area (Å²) in [7, 11) is 0. The second kappa shape index (κ2) is 5.52. The Labute approximate surface area is 132 Å². The lowest BCUT2D eigenvalue weighted by molar-refractivity contribution is -0.240. The van der Waals surface area contributed by atoms with Gasteiger partial charge in [-0.25, -0.2) is 0 Å². The van der Waals surface area contributed by atoms with E-state index in [0.29, 0.717) is 6.08 Å². The molecule has 2 unspecified atom stereocenters. The molecule has 0 aliphatic heterocycles. The van der Waals surface area contributed by atoms with Crippen LogP contribution in [0.5, 0.6) is 0 Å². The zero-order chi connectivity index (χ0) is 18.4. The Kier molecular flexibility index (Phi) is 4.22. The molecule has 2 amide bonds. The zero-order valence-electron chi connectivity index (χ0n) is 12.2. The smallest absolute Gasteiger partial charge is 0.369 e. The predicted octanol–water partition coefficient (Wildman–Crippen LogP) is 2.22. The predicted molar refractivity (Wildman–Crippen MR) is 70.2 cm³/mol. The van der Waals surface area contributed by atoms with E-state index in [-0.39, 0.29) is 12.8 Å². The summed E-state index contributed by atoms with van der Waals surface area (Å²) >= 11 is 0. The molecule has 0 spiro atoms. The molecule has 0 heterocycles. The van der Waals surface area contributed by atoms with Crippen molar-refractivity contribution in [2.24, 2.45) is 22.5 Å². The SMILES string of the molecule is NC(=O)C1C=CC=CC1(C(F)(F)F)C1(C(=O)NCC(F)(F)F)CC1. The summed E-state index contributed by atoms with van der Waals surface area (Å²) in [5, 5.41) is 1.51. The Morgan fingerprint density at radius 1 is 1.12 bits per heavy atom. The van der Waals surface area contributed by atoms with Crippen LogP contribution in [-0.4, -0.2) is 30.7 Å². The number of allylic oxidation sites excluding steroid dienone is 3. The summed E-state index contributed by atoms with van der Waals surface area (Å²) in [5.74, 6) is -4.56. The first kappa shape index (κ1) is 18.3. The summed E-state index contributed by atoms with van der Waals surface area (Å²) in [5.41, 5.74) is -0.0736. The number of rotatable bonds is 4. The van der Waals surface area contributed by atoms with Gasteiger partial charge in [0.05, 0.1) is 11.3 Å². The fraction of sp³-hybridized carbons (Fsp3) is 0.571. The van der Waals surface area contributed by atoms with Crippen LogP contribution < -0.4 is 11.1 Å². The minimum Gasteiger partial charge on any atom is -0.369 e. The molecule has 0 aromatic rings. The maximum atomic E-state index is 13.9. The van der Waals surface area contributed by atoms with Gasteiger partial charge in [0.2, 0.25) is 11.8 Å². The molecule has 2 aliphatic rings. The van der Waals surface area contributed by atoms with Crippen LogP contribution in [0.25, 0.3) is 0 Å². The van der Waals surface area contributed by atoms with Crippen molar-refractivity contribution in [2.45, 2.75) is 25.2 Å². The summed E-state index contributed by atoms with van der Waals surface area (Å²) < 4.78 is 78.4. The largest absolute Gasteiger partial charge is 0.405 e. The molecule has 2 rings (SSSR count). The van der Waals surface area contributed by atoms with E-state index in [1.165, 1.54) is 11.4 Å². The standard InChI is InChI=1S/C14H14F6N2O2/c15-13(16,17)7-22-10(24)11(5-6-11)12(14(18,19)20)4-2-1-3-8(12)9(21)23/h1-4,8H,5-7H2,(H2,21,23)(H,22,24). The zero-order valence-corrected chi connectivity index (χ0v) is 12.2. The molecule has 1 fully saturated rings. The number of nitrogens with one attached hydrogen (secondary N) is 1. The van der Waals surface area contributed by atoms with Gasteiger partial charge in [-0.1, -0.05) is 24.3 Å². The van der Waals surface area contributed by atoms with E-state index in [2.05, 4.69) is 0 Å². The summed E-state index contributed by atoms with van der Waals surface area (Å²) in [6.45, 7) is -1.75. The number of hydrogen-bond donors (Lipinski definition) is 2. The number of alkyl halides is 6. The van der Waals surface area contributed by atoms with Crippen molar-refractivity contribution in [3.63, 3.8) is 0 Å². The molecular weight excluding hydrogens is 342 g/mol. The van der Waals surface area contributed by atoms with E-state index in [1.54, 1.807) is 0 Å². The molecule has 1 saturated carbocycles. The van der Waals surface area contributed by atoms with Gasteiger partial charge in [0.25, 0.3) is 0 Å². The first-order valence-corrected chi connectivity index (χ1v) is 6.94. The highest BCUT2D eigenvalue weighted by molar-refractivity contribution is 5.90. The van der Waals surface area contributed by atoms with Crippen molar-refractivity contribution in [2.75, 3.05) is 6.54 Å². The number of nitrogens with two attached hydrogens (primary N) is 1. The number of carbonyl (C=O) groups is 2. The summed E-state index contributed by atoms with van der Waals surface area (Å²) in [6, 6.07) is 0. The van der Waals surface area contributed by atoms with Crippen molar-refractivity contribution >= 4 is 11.8 Å². The third-order valence-corrected chi connectivity index (χ3v) is 4.47. The van der Waals surface area contributed by atoms with Gasteiger partial charge < -0.3 is 11.1 Å². The van der Waals surface area contributed by atoms with Crippen LogP contribution in [0.4, 0.5) is 26.3 Å². The van der Waals surface area contributed by atoms with E-state index in [1.807, 2.05) is 0 Å². The third kappa shape index (κ3) is 2.78.